The molecule has 2 heterocycles. The van der Waals surface area contributed by atoms with Gasteiger partial charge in [-0.25, -0.2) is 9.80 Å². The largest absolute Gasteiger partial charge is 0.370 e. The van der Waals surface area contributed by atoms with Crippen LogP contribution >= 0.6 is 15.9 Å². The fourth-order valence-electron chi connectivity index (χ4n) is 1.65. The molecule has 1 N–H and O–H groups in total. The van der Waals surface area contributed by atoms with E-state index in [1.54, 1.807) is 18.3 Å². The van der Waals surface area contributed by atoms with Gasteiger partial charge in [0.25, 0.3) is 0 Å². The van der Waals surface area contributed by atoms with Crippen LogP contribution in [0.3, 0.4) is 0 Å². The highest BCUT2D eigenvalue weighted by molar-refractivity contribution is 9.11. The Morgan fingerprint density at radius 2 is 2.33 bits per heavy atom. The third-order valence-electron chi connectivity index (χ3n) is 2.36. The second-order valence-electron chi connectivity index (χ2n) is 3.53. The number of hydrogen-bond donors (Lipinski definition) is 1. The highest BCUT2D eigenvalue weighted by atomic mass is 79.9. The normalized spacial score (nSPS) is 26.3. The van der Waals surface area contributed by atoms with Crippen molar-refractivity contribution in [2.24, 2.45) is 0 Å². The fraction of sp³-hybridized carbons (Fsp3) is 0.444. The second-order valence-corrected chi connectivity index (χ2v) is 4.44. The SMILES string of the molecule is CN1CC(O)N(N2C=C(Br)C=CC2)C1=O. The lowest BCUT2D eigenvalue weighted by Crippen LogP contribution is -2.46. The van der Waals surface area contributed by atoms with E-state index in [0.717, 1.165) is 4.48 Å². The van der Waals surface area contributed by atoms with E-state index in [-0.39, 0.29) is 6.03 Å². The van der Waals surface area contributed by atoms with Gasteiger partial charge in [-0.1, -0.05) is 6.08 Å². The van der Waals surface area contributed by atoms with E-state index >= 15 is 0 Å². The minimum absolute atomic E-state index is 0.186. The molecule has 1 atom stereocenters. The van der Waals surface area contributed by atoms with Gasteiger partial charge < -0.3 is 10.0 Å². The predicted molar refractivity (Wildman–Crippen MR) is 58.7 cm³/mol. The van der Waals surface area contributed by atoms with Gasteiger partial charge in [0, 0.05) is 17.7 Å². The Morgan fingerprint density at radius 3 is 2.87 bits per heavy atom. The summed E-state index contributed by atoms with van der Waals surface area (Å²) in [6, 6.07) is -0.186. The number of aliphatic hydroxyl groups is 1. The molecular formula is C9H12BrN3O2. The van der Waals surface area contributed by atoms with E-state index in [0.29, 0.717) is 13.1 Å². The lowest BCUT2D eigenvalue weighted by atomic mass is 10.4. The van der Waals surface area contributed by atoms with Gasteiger partial charge in [-0.15, -0.1) is 0 Å². The Bertz CT molecular complexity index is 342. The number of β-amino-alcohol motifs (C(OH)–C–C–N with tert-alkyl or cyclic N) is 1. The van der Waals surface area contributed by atoms with Crippen molar-refractivity contribution in [1.29, 1.82) is 0 Å². The molecule has 15 heavy (non-hydrogen) atoms. The van der Waals surface area contributed by atoms with Crippen molar-refractivity contribution in [3.8, 4) is 0 Å². The maximum absolute atomic E-state index is 11.7. The molecule has 1 fully saturated rings. The number of rotatable bonds is 1. The zero-order valence-corrected chi connectivity index (χ0v) is 9.88. The molecule has 0 radical (unpaired) electrons. The first-order valence-electron chi connectivity index (χ1n) is 4.62. The Morgan fingerprint density at radius 1 is 1.60 bits per heavy atom. The van der Waals surface area contributed by atoms with Crippen LogP contribution in [0.2, 0.25) is 0 Å². The minimum atomic E-state index is -0.773. The fourth-order valence-corrected chi connectivity index (χ4v) is 2.07. The molecule has 0 aromatic carbocycles. The molecule has 82 valence electrons. The quantitative estimate of drug-likeness (QED) is 0.765. The van der Waals surface area contributed by atoms with Crippen LogP contribution in [0.15, 0.2) is 22.8 Å². The molecule has 5 nitrogen and oxygen atoms in total. The van der Waals surface area contributed by atoms with E-state index in [4.69, 9.17) is 0 Å². The van der Waals surface area contributed by atoms with Crippen molar-refractivity contribution in [2.45, 2.75) is 6.23 Å². The summed E-state index contributed by atoms with van der Waals surface area (Å²) in [4.78, 5) is 13.2. The number of hydrazine groups is 1. The van der Waals surface area contributed by atoms with Crippen molar-refractivity contribution in [3.63, 3.8) is 0 Å². The number of aliphatic hydroxyl groups excluding tert-OH is 1. The van der Waals surface area contributed by atoms with Gasteiger partial charge in [-0.2, -0.15) is 0 Å². The molecular weight excluding hydrogens is 262 g/mol. The minimum Gasteiger partial charge on any atom is -0.370 e. The van der Waals surface area contributed by atoms with Gasteiger partial charge in [0.2, 0.25) is 0 Å². The zero-order chi connectivity index (χ0) is 11.0. The van der Waals surface area contributed by atoms with Gasteiger partial charge in [0.1, 0.15) is 0 Å². The van der Waals surface area contributed by atoms with E-state index in [9.17, 15) is 9.90 Å². The Labute approximate surface area is 96.3 Å². The molecule has 0 aromatic heterocycles. The zero-order valence-electron chi connectivity index (χ0n) is 8.30. The van der Waals surface area contributed by atoms with Crippen LogP contribution in [0.4, 0.5) is 4.79 Å². The predicted octanol–water partition coefficient (Wildman–Crippen LogP) is 0.695. The van der Waals surface area contributed by atoms with E-state index in [1.807, 2.05) is 12.2 Å². The van der Waals surface area contributed by atoms with Crippen LogP contribution in [0.5, 0.6) is 0 Å². The summed E-state index contributed by atoms with van der Waals surface area (Å²) in [5.74, 6) is 0. The summed E-state index contributed by atoms with van der Waals surface area (Å²) in [7, 11) is 1.67. The molecule has 0 aliphatic carbocycles. The van der Waals surface area contributed by atoms with Crippen molar-refractivity contribution in [2.75, 3.05) is 20.1 Å². The number of likely N-dealkylation sites (N-methyl/N-ethyl adjacent to an activating group) is 1. The number of carbonyl (C=O) groups is 1. The molecule has 0 aromatic rings. The Kier molecular flexibility index (Phi) is 2.70. The van der Waals surface area contributed by atoms with Crippen LogP contribution < -0.4 is 0 Å². The molecule has 2 amide bonds. The van der Waals surface area contributed by atoms with Gasteiger partial charge in [0.15, 0.2) is 6.23 Å². The molecule has 0 saturated carbocycles. The number of carbonyl (C=O) groups excluding carboxylic acids is 1. The monoisotopic (exact) mass is 273 g/mol. The van der Waals surface area contributed by atoms with Crippen molar-refractivity contribution < 1.29 is 9.90 Å². The molecule has 0 spiro atoms. The van der Waals surface area contributed by atoms with Crippen LogP contribution in [0, 0.1) is 0 Å². The summed E-state index contributed by atoms with van der Waals surface area (Å²) in [5, 5.41) is 12.8. The Balaban J connectivity index is 2.17. The average Bonchev–Trinajstić information content (AvgIpc) is 2.41. The molecule has 6 heteroatoms. The summed E-state index contributed by atoms with van der Waals surface area (Å²) in [5.41, 5.74) is 0. The molecule has 1 saturated heterocycles. The number of nitrogens with zero attached hydrogens (tertiary/aromatic N) is 3. The maximum Gasteiger partial charge on any atom is 0.341 e. The molecule has 2 aliphatic rings. The third-order valence-corrected chi connectivity index (χ3v) is 2.83. The number of halogens is 1. The second kappa shape index (κ2) is 3.86. The van der Waals surface area contributed by atoms with Crippen LogP contribution in [-0.4, -0.2) is 52.4 Å². The molecule has 2 rings (SSSR count). The van der Waals surface area contributed by atoms with Crippen LogP contribution in [0.1, 0.15) is 0 Å². The van der Waals surface area contributed by atoms with Crippen LogP contribution in [0.25, 0.3) is 0 Å². The van der Waals surface area contributed by atoms with Gasteiger partial charge in [-0.3, -0.25) is 5.01 Å². The highest BCUT2D eigenvalue weighted by Gasteiger charge is 2.37. The van der Waals surface area contributed by atoms with Gasteiger partial charge in [-0.05, 0) is 22.0 Å². The maximum atomic E-state index is 11.7. The first-order valence-corrected chi connectivity index (χ1v) is 5.41. The molecule has 2 aliphatic heterocycles. The molecule has 0 bridgehead atoms. The average molecular weight is 274 g/mol. The smallest absolute Gasteiger partial charge is 0.341 e. The van der Waals surface area contributed by atoms with Crippen molar-refractivity contribution in [1.82, 2.24) is 14.9 Å². The van der Waals surface area contributed by atoms with Crippen molar-refractivity contribution >= 4 is 22.0 Å². The highest BCUT2D eigenvalue weighted by Crippen LogP contribution is 2.20. The lowest BCUT2D eigenvalue weighted by molar-refractivity contribution is -0.0449. The Hall–Kier alpha value is -1.01. The lowest BCUT2D eigenvalue weighted by Gasteiger charge is -2.32. The summed E-state index contributed by atoms with van der Waals surface area (Å²) in [6.07, 6.45) is 4.83. The van der Waals surface area contributed by atoms with E-state index in [1.165, 1.54) is 9.91 Å². The number of urea groups is 1. The number of allylic oxidation sites excluding steroid dienone is 2. The summed E-state index contributed by atoms with van der Waals surface area (Å²) >= 11 is 3.33. The number of hydrogen-bond acceptors (Lipinski definition) is 3. The first-order chi connectivity index (χ1) is 7.09. The topological polar surface area (TPSA) is 47.0 Å². The van der Waals surface area contributed by atoms with E-state index in [2.05, 4.69) is 15.9 Å². The van der Waals surface area contributed by atoms with Crippen molar-refractivity contribution in [3.05, 3.63) is 22.8 Å². The standard InChI is InChI=1S/C9H12BrN3O2/c1-11-6-8(14)13(9(11)15)12-4-2-3-7(10)5-12/h2-3,5,8,14H,4,6H2,1H3. The van der Waals surface area contributed by atoms with Crippen LogP contribution in [-0.2, 0) is 0 Å². The number of amides is 2. The molecule has 1 unspecified atom stereocenters. The third kappa shape index (κ3) is 1.87. The summed E-state index contributed by atoms with van der Waals surface area (Å²) < 4.78 is 0.878. The van der Waals surface area contributed by atoms with Gasteiger partial charge >= 0.3 is 6.03 Å². The first kappa shape index (κ1) is 10.5. The van der Waals surface area contributed by atoms with E-state index < -0.39 is 6.23 Å². The van der Waals surface area contributed by atoms with Gasteiger partial charge in [0.05, 0.1) is 13.1 Å². The summed E-state index contributed by atoms with van der Waals surface area (Å²) in [6.45, 7) is 0.927.